The quantitative estimate of drug-likeness (QED) is 0.196. The second-order valence-electron chi connectivity index (χ2n) is 11.2. The standard InChI is InChI=1S/C37H25N4O/c1-23-18-19-26-25-20-21-29-33(34(25)42-35(26)38-23)41-32-17-8-7-16-31(32)40(24-11-3-2-4-12-24)36(41)37(29)28-14-6-5-13-27(28)30-15-9-10-22-39(30)37/h2-22,36H,1H3/q+1/i1D3. The fourth-order valence-corrected chi connectivity index (χ4v) is 7.81. The second-order valence-corrected chi connectivity index (χ2v) is 11.2. The Morgan fingerprint density at radius 1 is 0.738 bits per heavy atom. The monoisotopic (exact) mass is 544 g/mol. The van der Waals surface area contributed by atoms with Crippen LogP contribution in [0.5, 0.6) is 0 Å². The van der Waals surface area contributed by atoms with Crippen LogP contribution in [0.1, 0.15) is 20.9 Å². The van der Waals surface area contributed by atoms with Gasteiger partial charge in [-0.1, -0.05) is 48.5 Å². The minimum atomic E-state index is -2.33. The van der Waals surface area contributed by atoms with E-state index in [1.165, 1.54) is 11.1 Å². The third-order valence-electron chi connectivity index (χ3n) is 9.28. The first-order valence-corrected chi connectivity index (χ1v) is 14.2. The molecular weight excluding hydrogens is 516 g/mol. The maximum absolute atomic E-state index is 7.95. The minimum absolute atomic E-state index is 0.0241. The van der Waals surface area contributed by atoms with Gasteiger partial charge in [0.2, 0.25) is 11.4 Å². The molecule has 0 aliphatic carbocycles. The normalized spacial score (nSPS) is 20.7. The number of benzene rings is 4. The number of fused-ring (bicyclic) bond motifs is 16. The van der Waals surface area contributed by atoms with Gasteiger partial charge >= 0.3 is 0 Å². The Kier molecular flexibility index (Phi) is 3.57. The van der Waals surface area contributed by atoms with Gasteiger partial charge < -0.3 is 14.2 Å². The Labute approximate surface area is 246 Å². The van der Waals surface area contributed by atoms with Crippen LogP contribution in [0.2, 0.25) is 0 Å². The fraction of sp³-hybridized carbons (Fsp3) is 0.0811. The van der Waals surface area contributed by atoms with Gasteiger partial charge in [-0.3, -0.25) is 0 Å². The highest BCUT2D eigenvalue weighted by Gasteiger charge is 2.69. The molecule has 198 valence electrons. The fourth-order valence-electron chi connectivity index (χ4n) is 7.81. The number of nitrogens with zero attached hydrogens (tertiary/aromatic N) is 4. The molecule has 0 saturated carbocycles. The molecule has 0 saturated heterocycles. The Bertz CT molecular complexity index is 2320. The Hall–Kier alpha value is -5.42. The first-order chi connectivity index (χ1) is 22.0. The Morgan fingerprint density at radius 3 is 2.38 bits per heavy atom. The van der Waals surface area contributed by atoms with E-state index in [9.17, 15) is 0 Å². The van der Waals surface area contributed by atoms with E-state index in [4.69, 9.17) is 8.53 Å². The molecule has 3 aliphatic rings. The molecule has 1 spiro atoms. The van der Waals surface area contributed by atoms with Crippen LogP contribution >= 0.6 is 0 Å². The summed E-state index contributed by atoms with van der Waals surface area (Å²) < 4.78 is 32.9. The molecule has 5 nitrogen and oxygen atoms in total. The maximum atomic E-state index is 7.95. The summed E-state index contributed by atoms with van der Waals surface area (Å²) in [6, 6.07) is 42.0. The molecule has 3 aliphatic heterocycles. The van der Waals surface area contributed by atoms with Crippen molar-refractivity contribution in [2.24, 2.45) is 0 Å². The van der Waals surface area contributed by atoms with Crippen molar-refractivity contribution >= 4 is 44.8 Å². The smallest absolute Gasteiger partial charge is 0.261 e. The predicted octanol–water partition coefficient (Wildman–Crippen LogP) is 7.98. The molecular formula is C37H25N4O+. The van der Waals surface area contributed by atoms with Crippen molar-refractivity contribution < 1.29 is 13.1 Å². The van der Waals surface area contributed by atoms with Crippen LogP contribution < -0.4 is 14.4 Å². The van der Waals surface area contributed by atoms with Crippen molar-refractivity contribution in [3.8, 4) is 11.3 Å². The number of rotatable bonds is 1. The zero-order chi connectivity index (χ0) is 30.1. The summed E-state index contributed by atoms with van der Waals surface area (Å²) >= 11 is 0. The third-order valence-corrected chi connectivity index (χ3v) is 9.28. The average molecular weight is 545 g/mol. The lowest BCUT2D eigenvalue weighted by Crippen LogP contribution is -2.65. The number of para-hydroxylation sites is 3. The predicted molar refractivity (Wildman–Crippen MR) is 165 cm³/mol. The average Bonchev–Trinajstić information content (AvgIpc) is 3.78. The van der Waals surface area contributed by atoms with Gasteiger partial charge in [-0.05, 0) is 67.5 Å². The molecule has 7 aromatic rings. The molecule has 0 amide bonds. The highest BCUT2D eigenvalue weighted by atomic mass is 16.3. The summed E-state index contributed by atoms with van der Waals surface area (Å²) in [5, 5.41) is 1.70. The number of hydrogen-bond acceptors (Lipinski definition) is 4. The van der Waals surface area contributed by atoms with Gasteiger partial charge in [0.1, 0.15) is 0 Å². The number of anilines is 4. The van der Waals surface area contributed by atoms with Gasteiger partial charge in [0.25, 0.3) is 5.54 Å². The van der Waals surface area contributed by atoms with Gasteiger partial charge in [0.15, 0.2) is 17.9 Å². The molecule has 10 rings (SSSR count). The van der Waals surface area contributed by atoms with Gasteiger partial charge in [-0.15, -0.1) is 0 Å². The van der Waals surface area contributed by atoms with Crippen LogP contribution in [0.25, 0.3) is 33.3 Å². The molecule has 0 radical (unpaired) electrons. The van der Waals surface area contributed by atoms with E-state index in [2.05, 4.69) is 135 Å². The van der Waals surface area contributed by atoms with Crippen LogP contribution in [-0.4, -0.2) is 11.1 Å². The molecule has 4 aromatic carbocycles. The van der Waals surface area contributed by atoms with Crippen LogP contribution in [0.15, 0.2) is 132 Å². The van der Waals surface area contributed by atoms with Crippen molar-refractivity contribution in [2.75, 3.05) is 9.80 Å². The summed E-state index contributed by atoms with van der Waals surface area (Å²) in [4.78, 5) is 9.39. The van der Waals surface area contributed by atoms with E-state index in [0.717, 1.165) is 44.8 Å². The number of furan rings is 1. The van der Waals surface area contributed by atoms with Crippen molar-refractivity contribution in [1.29, 1.82) is 0 Å². The van der Waals surface area contributed by atoms with Crippen LogP contribution in [0.4, 0.5) is 22.7 Å². The number of pyridine rings is 2. The van der Waals surface area contributed by atoms with Crippen LogP contribution in [0.3, 0.4) is 0 Å². The van der Waals surface area contributed by atoms with E-state index in [1.54, 1.807) is 6.07 Å². The highest BCUT2D eigenvalue weighted by Crippen LogP contribution is 2.63. The molecule has 2 unspecified atom stereocenters. The SMILES string of the molecule is [2H]C([2H])([2H])c1ccc2c(n1)oc1c3c(ccc12)C1(c2ccccc2-c2cccc[n+]21)C1N(c2ccccc2)c2ccccc2N31. The number of hydrogen-bond donors (Lipinski definition) is 0. The molecule has 6 heterocycles. The Balaban J connectivity index is 1.38. The van der Waals surface area contributed by atoms with Crippen molar-refractivity contribution in [3.05, 3.63) is 144 Å². The van der Waals surface area contributed by atoms with Gasteiger partial charge in [0, 0.05) is 44.0 Å². The zero-order valence-corrected chi connectivity index (χ0v) is 22.4. The summed E-state index contributed by atoms with van der Waals surface area (Å²) in [6.45, 7) is -2.33. The van der Waals surface area contributed by atoms with Crippen LogP contribution in [0, 0.1) is 6.85 Å². The third kappa shape index (κ3) is 2.47. The summed E-state index contributed by atoms with van der Waals surface area (Å²) in [5.74, 6) is 0. The van der Waals surface area contributed by atoms with Crippen LogP contribution in [-0.2, 0) is 5.54 Å². The maximum Gasteiger partial charge on any atom is 0.261 e. The summed E-state index contributed by atoms with van der Waals surface area (Å²) in [5.41, 5.74) is 9.34. The molecule has 42 heavy (non-hydrogen) atoms. The molecule has 0 bridgehead atoms. The number of aryl methyl sites for hydroxylation is 1. The molecule has 2 atom stereocenters. The van der Waals surface area contributed by atoms with Crippen molar-refractivity contribution in [1.82, 2.24) is 4.98 Å². The van der Waals surface area contributed by atoms with E-state index < -0.39 is 12.4 Å². The molecule has 0 N–H and O–H groups in total. The first-order valence-electron chi connectivity index (χ1n) is 15.7. The lowest BCUT2D eigenvalue weighted by Gasteiger charge is -2.35. The van der Waals surface area contributed by atoms with Gasteiger partial charge in [-0.25, -0.2) is 4.98 Å². The van der Waals surface area contributed by atoms with E-state index >= 15 is 0 Å². The van der Waals surface area contributed by atoms with Gasteiger partial charge in [0.05, 0.1) is 28.2 Å². The topological polar surface area (TPSA) is 36.4 Å². The van der Waals surface area contributed by atoms with Gasteiger partial charge in [-0.2, -0.15) is 4.57 Å². The minimum Gasteiger partial charge on any atom is -0.435 e. The van der Waals surface area contributed by atoms with E-state index in [-0.39, 0.29) is 11.9 Å². The van der Waals surface area contributed by atoms with E-state index in [1.807, 2.05) is 6.07 Å². The molecule has 0 fully saturated rings. The Morgan fingerprint density at radius 2 is 1.50 bits per heavy atom. The zero-order valence-electron chi connectivity index (χ0n) is 25.4. The highest BCUT2D eigenvalue weighted by molar-refractivity contribution is 6.12. The summed E-state index contributed by atoms with van der Waals surface area (Å²) in [6.07, 6.45) is 1.98. The van der Waals surface area contributed by atoms with Crippen molar-refractivity contribution in [2.45, 2.75) is 18.6 Å². The van der Waals surface area contributed by atoms with Crippen molar-refractivity contribution in [3.63, 3.8) is 0 Å². The molecule has 3 aromatic heterocycles. The molecule has 5 heteroatoms. The number of aromatic nitrogens is 2. The first kappa shape index (κ1) is 19.6. The lowest BCUT2D eigenvalue weighted by molar-refractivity contribution is -0.729. The second kappa shape index (κ2) is 7.65. The summed E-state index contributed by atoms with van der Waals surface area (Å²) in [7, 11) is 0. The van der Waals surface area contributed by atoms with E-state index in [0.29, 0.717) is 11.3 Å². The lowest BCUT2D eigenvalue weighted by atomic mass is 9.81. The largest absolute Gasteiger partial charge is 0.435 e.